The molecular weight excluding hydrogens is 908 g/mol. The molecule has 4 heterocycles. The van der Waals surface area contributed by atoms with Crippen molar-refractivity contribution in [1.82, 2.24) is 4.57 Å². The van der Waals surface area contributed by atoms with Crippen LogP contribution in [0.2, 0.25) is 0 Å². The Morgan fingerprint density at radius 3 is 1.79 bits per heavy atom. The van der Waals surface area contributed by atoms with Gasteiger partial charge in [0.05, 0.1) is 22.1 Å². The minimum Gasteiger partial charge on any atom is -0.456 e. The summed E-state index contributed by atoms with van der Waals surface area (Å²) in [5, 5.41) is 4.78. The second-order valence-corrected chi connectivity index (χ2v) is 21.9. The quantitative estimate of drug-likeness (QED) is 0.160. The third kappa shape index (κ3) is 5.77. The molecule has 75 heavy (non-hydrogen) atoms. The van der Waals surface area contributed by atoms with Crippen LogP contribution in [-0.2, 0) is 10.8 Å². The topological polar surface area (TPSA) is 21.3 Å². The molecule has 3 aliphatic rings. The molecule has 0 unspecified atom stereocenters. The lowest BCUT2D eigenvalue weighted by atomic mass is 9.33. The van der Waals surface area contributed by atoms with Gasteiger partial charge in [-0.25, -0.2) is 0 Å². The summed E-state index contributed by atoms with van der Waals surface area (Å²) in [7, 11) is 0. The SMILES string of the molecule is CC(C)(C)c1ccc(N2c3cc4c(cc3B3c5c2cc(-c2ccccc2)cc5-n2c5ccccc5c5c6c(cc3c52)C(c2ccccc2)(c2ccccc2)c2ccccc2-6)oc2ccccc24)c(-c2ccccc2)c1. The summed E-state index contributed by atoms with van der Waals surface area (Å²) in [6.45, 7) is 6.78. The zero-order valence-corrected chi connectivity index (χ0v) is 42.0. The van der Waals surface area contributed by atoms with Crippen LogP contribution in [0.25, 0.3) is 82.8 Å². The van der Waals surface area contributed by atoms with Crippen LogP contribution in [0.3, 0.4) is 0 Å². The smallest absolute Gasteiger partial charge is 0.252 e. The lowest BCUT2D eigenvalue weighted by molar-refractivity contribution is 0.590. The zero-order chi connectivity index (χ0) is 49.7. The van der Waals surface area contributed by atoms with E-state index < -0.39 is 5.41 Å². The van der Waals surface area contributed by atoms with Gasteiger partial charge in [0, 0.05) is 44.2 Å². The number of para-hydroxylation sites is 2. The van der Waals surface area contributed by atoms with Crippen LogP contribution in [0.1, 0.15) is 48.6 Å². The van der Waals surface area contributed by atoms with Gasteiger partial charge in [0.25, 0.3) is 6.71 Å². The van der Waals surface area contributed by atoms with Gasteiger partial charge in [0.2, 0.25) is 0 Å². The van der Waals surface area contributed by atoms with E-state index in [9.17, 15) is 0 Å². The number of benzene rings is 11. The zero-order valence-electron chi connectivity index (χ0n) is 42.0. The molecule has 0 saturated carbocycles. The van der Waals surface area contributed by atoms with Crippen molar-refractivity contribution in [2.45, 2.75) is 31.6 Å². The average Bonchev–Trinajstić information content (AvgIpc) is 4.33. The van der Waals surface area contributed by atoms with Crippen LogP contribution < -0.4 is 21.3 Å². The van der Waals surface area contributed by atoms with Crippen molar-refractivity contribution in [2.75, 3.05) is 4.90 Å². The standard InChI is InChI=1S/C71H49BN2O/c1-70(2,3)49-36-37-60(53(40-49)45-24-10-5-11-25-45)73-61-41-54-50-30-18-21-35-64(50)75-65(54)43-57(61)72-58-42-56-66(51-31-16-19-33-55(51)71(56,47-26-12-6-13-27-47)48-28-14-7-15-29-48)67-52-32-17-20-34-59(52)74(69(58)67)63-39-46(38-62(73)68(63)72)44-22-8-4-9-23-44/h4-43H,1-3H3. The van der Waals surface area contributed by atoms with E-state index in [0.717, 1.165) is 33.3 Å². The predicted molar refractivity (Wildman–Crippen MR) is 314 cm³/mol. The number of fused-ring (bicyclic) bond motifs is 14. The Balaban J connectivity index is 1.11. The molecule has 0 bridgehead atoms. The molecule has 0 radical (unpaired) electrons. The fourth-order valence-electron chi connectivity index (χ4n) is 13.8. The van der Waals surface area contributed by atoms with Gasteiger partial charge in [-0.05, 0) is 126 Å². The van der Waals surface area contributed by atoms with E-state index >= 15 is 0 Å². The number of hydrogen-bond donors (Lipinski definition) is 0. The maximum absolute atomic E-state index is 6.94. The van der Waals surface area contributed by atoms with Crippen LogP contribution in [0.15, 0.2) is 247 Å². The van der Waals surface area contributed by atoms with E-state index in [-0.39, 0.29) is 12.1 Å². The summed E-state index contributed by atoms with van der Waals surface area (Å²) < 4.78 is 9.58. The number of furan rings is 1. The van der Waals surface area contributed by atoms with Gasteiger partial charge in [-0.2, -0.15) is 0 Å². The Morgan fingerprint density at radius 1 is 0.427 bits per heavy atom. The monoisotopic (exact) mass is 956 g/mol. The Hall–Kier alpha value is -9.12. The molecule has 0 fully saturated rings. The first-order valence-electron chi connectivity index (χ1n) is 26.4. The fraction of sp³-hybridized carbons (Fsp3) is 0.0704. The molecule has 2 aliphatic heterocycles. The van der Waals surface area contributed by atoms with Crippen LogP contribution >= 0.6 is 0 Å². The van der Waals surface area contributed by atoms with Crippen molar-refractivity contribution in [2.24, 2.45) is 0 Å². The van der Waals surface area contributed by atoms with Crippen molar-refractivity contribution >= 4 is 83.9 Å². The number of rotatable bonds is 5. The van der Waals surface area contributed by atoms with Gasteiger partial charge in [-0.3, -0.25) is 0 Å². The van der Waals surface area contributed by atoms with E-state index in [1.165, 1.54) is 111 Å². The van der Waals surface area contributed by atoms with Crippen molar-refractivity contribution in [3.05, 3.63) is 270 Å². The molecule has 1 aliphatic carbocycles. The molecule has 3 nitrogen and oxygen atoms in total. The van der Waals surface area contributed by atoms with Crippen LogP contribution in [-0.4, -0.2) is 11.3 Å². The third-order valence-corrected chi connectivity index (χ3v) is 17.0. The summed E-state index contributed by atoms with van der Waals surface area (Å²) in [5.74, 6) is 0. The number of anilines is 3. The predicted octanol–water partition coefficient (Wildman–Crippen LogP) is 16.3. The van der Waals surface area contributed by atoms with E-state index in [1.807, 2.05) is 0 Å². The van der Waals surface area contributed by atoms with Crippen LogP contribution in [0.5, 0.6) is 0 Å². The van der Waals surface area contributed by atoms with Gasteiger partial charge in [0.15, 0.2) is 0 Å². The molecule has 2 aromatic heterocycles. The number of aromatic nitrogens is 1. The Morgan fingerprint density at radius 2 is 1.05 bits per heavy atom. The minimum atomic E-state index is -0.603. The van der Waals surface area contributed by atoms with E-state index in [0.29, 0.717) is 0 Å². The maximum Gasteiger partial charge on any atom is 0.252 e. The Kier molecular flexibility index (Phi) is 8.74. The second-order valence-electron chi connectivity index (χ2n) is 21.9. The molecule has 11 aromatic carbocycles. The van der Waals surface area contributed by atoms with Crippen molar-refractivity contribution < 1.29 is 4.42 Å². The van der Waals surface area contributed by atoms with Gasteiger partial charge in [-0.15, -0.1) is 0 Å². The maximum atomic E-state index is 6.94. The largest absolute Gasteiger partial charge is 0.456 e. The van der Waals surface area contributed by atoms with Crippen molar-refractivity contribution in [3.8, 4) is 39.1 Å². The first-order chi connectivity index (χ1) is 36.9. The van der Waals surface area contributed by atoms with Gasteiger partial charge in [0.1, 0.15) is 11.2 Å². The summed E-state index contributed by atoms with van der Waals surface area (Å²) in [4.78, 5) is 2.61. The molecule has 0 spiro atoms. The Labute approximate surface area is 436 Å². The molecule has 0 atom stereocenters. The van der Waals surface area contributed by atoms with E-state index in [4.69, 9.17) is 4.42 Å². The highest BCUT2D eigenvalue weighted by atomic mass is 16.3. The number of nitrogens with zero attached hydrogens (tertiary/aromatic N) is 2. The van der Waals surface area contributed by atoms with Gasteiger partial charge < -0.3 is 13.9 Å². The minimum absolute atomic E-state index is 0.0690. The molecule has 0 N–H and O–H groups in total. The van der Waals surface area contributed by atoms with Crippen molar-refractivity contribution in [1.29, 1.82) is 0 Å². The highest BCUT2D eigenvalue weighted by Gasteiger charge is 2.51. The fourth-order valence-corrected chi connectivity index (χ4v) is 13.8. The molecular formula is C71H49BN2O. The van der Waals surface area contributed by atoms with Crippen molar-refractivity contribution in [3.63, 3.8) is 0 Å². The molecule has 4 heteroatoms. The van der Waals surface area contributed by atoms with Crippen LogP contribution in [0.4, 0.5) is 17.1 Å². The van der Waals surface area contributed by atoms with Gasteiger partial charge in [-0.1, -0.05) is 215 Å². The second kappa shape index (κ2) is 15.5. The average molecular weight is 957 g/mol. The molecule has 352 valence electrons. The summed E-state index contributed by atoms with van der Waals surface area (Å²) >= 11 is 0. The lowest BCUT2D eigenvalue weighted by Crippen LogP contribution is -2.60. The molecule has 13 aromatic rings. The first-order valence-corrected chi connectivity index (χ1v) is 26.4. The molecule has 0 saturated heterocycles. The molecule has 16 rings (SSSR count). The molecule has 0 amide bonds. The highest BCUT2D eigenvalue weighted by molar-refractivity contribution is 7.00. The van der Waals surface area contributed by atoms with Gasteiger partial charge >= 0.3 is 0 Å². The van der Waals surface area contributed by atoms with E-state index in [1.54, 1.807) is 0 Å². The first kappa shape index (κ1) is 42.4. The summed E-state index contributed by atoms with van der Waals surface area (Å²) in [6, 6.07) is 91.1. The number of hydrogen-bond acceptors (Lipinski definition) is 2. The third-order valence-electron chi connectivity index (χ3n) is 17.0. The van der Waals surface area contributed by atoms with Crippen LogP contribution in [0, 0.1) is 0 Å². The highest BCUT2D eigenvalue weighted by Crippen LogP contribution is 2.59. The van der Waals surface area contributed by atoms with E-state index in [2.05, 4.69) is 273 Å². The summed E-state index contributed by atoms with van der Waals surface area (Å²) in [5.41, 5.74) is 25.8. The Bertz CT molecular complexity index is 4470. The normalized spacial score (nSPS) is 13.9. The lowest BCUT2D eigenvalue weighted by Gasteiger charge is -2.42. The summed E-state index contributed by atoms with van der Waals surface area (Å²) in [6.07, 6.45) is 0.